The number of benzene rings is 3. The van der Waals surface area contributed by atoms with Gasteiger partial charge < -0.3 is 9.80 Å². The molecule has 0 radical (unpaired) electrons. The molecule has 5 nitrogen and oxygen atoms in total. The molecule has 0 bridgehead atoms. The minimum absolute atomic E-state index is 0.360. The molecule has 0 saturated carbocycles. The normalized spacial score (nSPS) is 12.4. The van der Waals surface area contributed by atoms with E-state index in [4.69, 9.17) is 0 Å². The SMILES string of the molecule is Cc1cc(C)cc(CN(CCCCN(C)CCN(C)C)S(=O)(=O)c2ccc3ccccc3c2)c1. The summed E-state index contributed by atoms with van der Waals surface area (Å²) in [5.41, 5.74) is 3.34. The van der Waals surface area contributed by atoms with Crippen LogP contribution in [-0.2, 0) is 16.6 Å². The Balaban J connectivity index is 1.78. The van der Waals surface area contributed by atoms with Crippen molar-refractivity contribution in [3.8, 4) is 0 Å². The second kappa shape index (κ2) is 11.9. The monoisotopic (exact) mass is 481 g/mol. The van der Waals surface area contributed by atoms with Crippen molar-refractivity contribution in [3.63, 3.8) is 0 Å². The first-order valence-electron chi connectivity index (χ1n) is 12.0. The van der Waals surface area contributed by atoms with Gasteiger partial charge in [0.15, 0.2) is 0 Å². The van der Waals surface area contributed by atoms with E-state index in [1.165, 1.54) is 0 Å². The van der Waals surface area contributed by atoms with E-state index >= 15 is 0 Å². The highest BCUT2D eigenvalue weighted by Gasteiger charge is 2.25. The number of rotatable bonds is 12. The zero-order valence-corrected chi connectivity index (χ0v) is 22.1. The third kappa shape index (κ3) is 7.37. The zero-order valence-electron chi connectivity index (χ0n) is 21.3. The number of nitrogens with zero attached hydrogens (tertiary/aromatic N) is 3. The summed E-state index contributed by atoms with van der Waals surface area (Å²) in [6.45, 7) is 7.99. The molecule has 0 atom stereocenters. The van der Waals surface area contributed by atoms with Gasteiger partial charge in [-0.25, -0.2) is 8.42 Å². The lowest BCUT2D eigenvalue weighted by atomic mass is 10.1. The first-order valence-corrected chi connectivity index (χ1v) is 13.5. The molecule has 184 valence electrons. The van der Waals surface area contributed by atoms with Gasteiger partial charge in [0.25, 0.3) is 0 Å². The number of hydrogen-bond donors (Lipinski definition) is 0. The summed E-state index contributed by atoms with van der Waals surface area (Å²) in [5, 5.41) is 1.99. The number of sulfonamides is 1. The van der Waals surface area contributed by atoms with Crippen LogP contribution in [0.2, 0.25) is 0 Å². The summed E-state index contributed by atoms with van der Waals surface area (Å²) in [7, 11) is 2.66. The van der Waals surface area contributed by atoms with Crippen LogP contribution in [0.4, 0.5) is 0 Å². The molecule has 0 spiro atoms. The van der Waals surface area contributed by atoms with E-state index in [1.54, 1.807) is 16.4 Å². The maximum Gasteiger partial charge on any atom is 0.243 e. The average Bonchev–Trinajstić information content (AvgIpc) is 2.78. The van der Waals surface area contributed by atoms with Crippen LogP contribution >= 0.6 is 0 Å². The maximum absolute atomic E-state index is 13.8. The first-order chi connectivity index (χ1) is 16.1. The lowest BCUT2D eigenvalue weighted by Gasteiger charge is -2.24. The van der Waals surface area contributed by atoms with Crippen LogP contribution in [0, 0.1) is 13.8 Å². The Morgan fingerprint density at radius 1 is 0.706 bits per heavy atom. The second-order valence-electron chi connectivity index (χ2n) is 9.66. The molecule has 3 rings (SSSR count). The first kappa shape index (κ1) is 26.4. The number of fused-ring (bicyclic) bond motifs is 1. The number of aryl methyl sites for hydroxylation is 2. The van der Waals surface area contributed by atoms with Gasteiger partial charge in [-0.2, -0.15) is 4.31 Å². The Kier molecular flexibility index (Phi) is 9.25. The summed E-state index contributed by atoms with van der Waals surface area (Å²) in [5.74, 6) is 0. The highest BCUT2D eigenvalue weighted by Crippen LogP contribution is 2.24. The third-order valence-electron chi connectivity index (χ3n) is 6.13. The van der Waals surface area contributed by atoms with Gasteiger partial charge in [0.05, 0.1) is 4.90 Å². The molecule has 0 heterocycles. The van der Waals surface area contributed by atoms with E-state index < -0.39 is 10.0 Å². The van der Waals surface area contributed by atoms with Gasteiger partial charge in [0.2, 0.25) is 10.0 Å². The van der Waals surface area contributed by atoms with E-state index in [2.05, 4.69) is 63.0 Å². The Morgan fingerprint density at radius 3 is 2.03 bits per heavy atom. The van der Waals surface area contributed by atoms with Gasteiger partial charge in [-0.05, 0) is 82.8 Å². The smallest absolute Gasteiger partial charge is 0.243 e. The summed E-state index contributed by atoms with van der Waals surface area (Å²) in [6.07, 6.45) is 1.78. The quantitative estimate of drug-likeness (QED) is 0.345. The Hall–Kier alpha value is -2.25. The fourth-order valence-electron chi connectivity index (χ4n) is 4.28. The minimum Gasteiger partial charge on any atom is -0.308 e. The van der Waals surface area contributed by atoms with Crippen molar-refractivity contribution in [2.75, 3.05) is 47.3 Å². The van der Waals surface area contributed by atoms with Crippen LogP contribution in [0.1, 0.15) is 29.5 Å². The standard InChI is InChI=1S/C28H39N3O2S/c1-23-18-24(2)20-25(19-23)22-31(15-9-8-14-30(5)17-16-29(3)4)34(32,33)28-13-12-26-10-6-7-11-27(26)21-28/h6-7,10-13,18-21H,8-9,14-17,22H2,1-5H3. The summed E-state index contributed by atoms with van der Waals surface area (Å²) in [6, 6.07) is 19.6. The van der Waals surface area contributed by atoms with E-state index in [0.29, 0.717) is 18.0 Å². The fourth-order valence-corrected chi connectivity index (χ4v) is 5.78. The Bertz CT molecular complexity index is 1170. The molecule has 0 N–H and O–H groups in total. The van der Waals surface area contributed by atoms with Crippen molar-refractivity contribution < 1.29 is 8.42 Å². The molecule has 3 aromatic carbocycles. The molecule has 0 saturated heterocycles. The van der Waals surface area contributed by atoms with E-state index in [9.17, 15) is 8.42 Å². The highest BCUT2D eigenvalue weighted by molar-refractivity contribution is 7.89. The van der Waals surface area contributed by atoms with E-state index in [-0.39, 0.29) is 0 Å². The molecule has 3 aromatic rings. The van der Waals surface area contributed by atoms with Gasteiger partial charge in [0.1, 0.15) is 0 Å². The van der Waals surface area contributed by atoms with Crippen LogP contribution in [0.15, 0.2) is 65.6 Å². The van der Waals surface area contributed by atoms with E-state index in [1.807, 2.05) is 30.3 Å². The highest BCUT2D eigenvalue weighted by atomic mass is 32.2. The molecule has 0 fully saturated rings. The largest absolute Gasteiger partial charge is 0.308 e. The Labute approximate surface area is 206 Å². The lowest BCUT2D eigenvalue weighted by Crippen LogP contribution is -2.33. The maximum atomic E-state index is 13.8. The summed E-state index contributed by atoms with van der Waals surface area (Å²) >= 11 is 0. The van der Waals surface area contributed by atoms with Gasteiger partial charge in [-0.3, -0.25) is 0 Å². The van der Waals surface area contributed by atoms with Crippen molar-refractivity contribution in [2.24, 2.45) is 0 Å². The van der Waals surface area contributed by atoms with Gasteiger partial charge in [0, 0.05) is 26.2 Å². The molecule has 34 heavy (non-hydrogen) atoms. The van der Waals surface area contributed by atoms with Crippen molar-refractivity contribution in [3.05, 3.63) is 77.4 Å². The van der Waals surface area contributed by atoms with Gasteiger partial charge in [-0.15, -0.1) is 0 Å². The van der Waals surface area contributed by atoms with E-state index in [0.717, 1.165) is 59.9 Å². The zero-order chi connectivity index (χ0) is 24.7. The topological polar surface area (TPSA) is 43.9 Å². The van der Waals surface area contributed by atoms with Crippen molar-refractivity contribution >= 4 is 20.8 Å². The lowest BCUT2D eigenvalue weighted by molar-refractivity contribution is 0.273. The summed E-state index contributed by atoms with van der Waals surface area (Å²) < 4.78 is 29.2. The van der Waals surface area contributed by atoms with Crippen LogP contribution in [0.5, 0.6) is 0 Å². The fraction of sp³-hybridized carbons (Fsp3) is 0.429. The van der Waals surface area contributed by atoms with Crippen LogP contribution in [0.25, 0.3) is 10.8 Å². The van der Waals surface area contributed by atoms with Crippen molar-refractivity contribution in [2.45, 2.75) is 38.1 Å². The Morgan fingerprint density at radius 2 is 1.35 bits per heavy atom. The van der Waals surface area contributed by atoms with Gasteiger partial charge >= 0.3 is 0 Å². The van der Waals surface area contributed by atoms with Crippen LogP contribution < -0.4 is 0 Å². The van der Waals surface area contributed by atoms with Crippen molar-refractivity contribution in [1.29, 1.82) is 0 Å². The number of unbranched alkanes of at least 4 members (excludes halogenated alkanes) is 1. The molecule has 0 aliphatic heterocycles. The minimum atomic E-state index is -3.63. The molecule has 0 aliphatic carbocycles. The number of hydrogen-bond acceptors (Lipinski definition) is 4. The predicted molar refractivity (Wildman–Crippen MR) is 143 cm³/mol. The average molecular weight is 482 g/mol. The molecule has 0 amide bonds. The molecular formula is C28H39N3O2S. The molecule has 0 aromatic heterocycles. The third-order valence-corrected chi connectivity index (χ3v) is 7.97. The van der Waals surface area contributed by atoms with Crippen LogP contribution in [0.3, 0.4) is 0 Å². The van der Waals surface area contributed by atoms with Crippen LogP contribution in [-0.4, -0.2) is 69.8 Å². The molecule has 6 heteroatoms. The number of likely N-dealkylation sites (N-methyl/N-ethyl adjacent to an activating group) is 2. The summed E-state index contributed by atoms with van der Waals surface area (Å²) in [4.78, 5) is 4.85. The molecule has 0 unspecified atom stereocenters. The van der Waals surface area contributed by atoms with Crippen molar-refractivity contribution in [1.82, 2.24) is 14.1 Å². The molecule has 0 aliphatic rings. The predicted octanol–water partition coefficient (Wildman–Crippen LogP) is 4.92. The van der Waals surface area contributed by atoms with Gasteiger partial charge in [-0.1, -0.05) is 59.7 Å². The molecular weight excluding hydrogens is 442 g/mol. The second-order valence-corrected chi connectivity index (χ2v) is 11.6.